The van der Waals surface area contributed by atoms with E-state index in [2.05, 4.69) is 21.3 Å². The summed E-state index contributed by atoms with van der Waals surface area (Å²) in [6.07, 6.45) is 3.93. The lowest BCUT2D eigenvalue weighted by atomic mass is 9.95. The predicted molar refractivity (Wildman–Crippen MR) is 140 cm³/mol. The summed E-state index contributed by atoms with van der Waals surface area (Å²) in [6, 6.07) is 8.16. The smallest absolute Gasteiger partial charge is 0.227 e. The second kappa shape index (κ2) is 12.5. The Bertz CT molecular complexity index is 835. The molecule has 0 radical (unpaired) electrons. The monoisotopic (exact) mass is 569 g/mol. The number of guanidine groups is 1. The summed E-state index contributed by atoms with van der Waals surface area (Å²) in [5.74, 6) is 1.43. The van der Waals surface area contributed by atoms with Crippen molar-refractivity contribution in [2.24, 2.45) is 10.9 Å². The number of hydrogen-bond donors (Lipinski definition) is 1. The lowest BCUT2D eigenvalue weighted by molar-refractivity contribution is -0.140. The average Bonchev–Trinajstić information content (AvgIpc) is 3.29. The number of carbonyl (C=O) groups excluding carboxylic acids is 2. The third-order valence-electron chi connectivity index (χ3n) is 6.72. The van der Waals surface area contributed by atoms with Gasteiger partial charge in [0.1, 0.15) is 0 Å². The van der Waals surface area contributed by atoms with Crippen LogP contribution in [0.15, 0.2) is 29.3 Å². The summed E-state index contributed by atoms with van der Waals surface area (Å²) in [5.41, 5.74) is 2.32. The number of fused-ring (bicyclic) bond motifs is 1. The normalized spacial score (nSPS) is 19.2. The van der Waals surface area contributed by atoms with E-state index in [4.69, 9.17) is 4.74 Å². The third-order valence-corrected chi connectivity index (χ3v) is 6.72. The number of para-hydroxylation sites is 1. The van der Waals surface area contributed by atoms with E-state index < -0.39 is 0 Å². The number of aliphatic imine (C=N–C) groups is 1. The molecule has 3 aliphatic rings. The van der Waals surface area contributed by atoms with E-state index in [1.807, 2.05) is 28.0 Å². The zero-order valence-corrected chi connectivity index (χ0v) is 21.8. The summed E-state index contributed by atoms with van der Waals surface area (Å²) in [7, 11) is 1.79. The Hall–Kier alpha value is -1.88. The molecule has 0 atom stereocenters. The van der Waals surface area contributed by atoms with Gasteiger partial charge in [0.05, 0.1) is 13.2 Å². The Morgan fingerprint density at radius 3 is 2.52 bits per heavy atom. The summed E-state index contributed by atoms with van der Waals surface area (Å²) in [5, 5.41) is 3.40. The molecule has 0 bridgehead atoms. The number of anilines is 1. The van der Waals surface area contributed by atoms with Crippen molar-refractivity contribution in [3.63, 3.8) is 0 Å². The number of hydrogen-bond acceptors (Lipinski definition) is 4. The van der Waals surface area contributed by atoms with Crippen molar-refractivity contribution >= 4 is 47.4 Å². The molecule has 4 rings (SSSR count). The van der Waals surface area contributed by atoms with E-state index in [0.29, 0.717) is 39.3 Å². The summed E-state index contributed by atoms with van der Waals surface area (Å²) < 4.78 is 5.36. The van der Waals surface area contributed by atoms with E-state index >= 15 is 0 Å². The number of nitrogens with one attached hydrogen (secondary N) is 1. The van der Waals surface area contributed by atoms with Crippen LogP contribution in [-0.4, -0.2) is 87.1 Å². The third kappa shape index (κ3) is 6.38. The molecular weight excluding hydrogens is 533 g/mol. The maximum absolute atomic E-state index is 12.7. The van der Waals surface area contributed by atoms with Crippen LogP contribution in [0.5, 0.6) is 0 Å². The van der Waals surface area contributed by atoms with E-state index in [-0.39, 0.29) is 41.7 Å². The number of benzene rings is 1. The highest BCUT2D eigenvalue weighted by atomic mass is 127. The van der Waals surface area contributed by atoms with Gasteiger partial charge in [0, 0.05) is 64.3 Å². The van der Waals surface area contributed by atoms with Gasteiger partial charge >= 0.3 is 0 Å². The molecule has 3 aliphatic heterocycles. The largest absolute Gasteiger partial charge is 0.378 e. The first kappa shape index (κ1) is 25.7. The lowest BCUT2D eigenvalue weighted by Gasteiger charge is -2.36. The Labute approximate surface area is 213 Å². The Kier molecular flexibility index (Phi) is 9.78. The molecule has 1 N–H and O–H groups in total. The molecule has 1 aromatic rings. The van der Waals surface area contributed by atoms with Gasteiger partial charge in [-0.25, -0.2) is 0 Å². The molecule has 182 valence electrons. The van der Waals surface area contributed by atoms with E-state index in [1.165, 1.54) is 5.56 Å². The van der Waals surface area contributed by atoms with E-state index in [0.717, 1.165) is 57.0 Å². The number of rotatable bonds is 5. The van der Waals surface area contributed by atoms with Gasteiger partial charge in [-0.3, -0.25) is 14.6 Å². The zero-order chi connectivity index (χ0) is 22.3. The molecule has 2 saturated heterocycles. The van der Waals surface area contributed by atoms with Crippen molar-refractivity contribution in [2.75, 3.05) is 64.4 Å². The number of halogens is 1. The molecule has 0 aromatic heterocycles. The van der Waals surface area contributed by atoms with Crippen LogP contribution < -0.4 is 10.2 Å². The molecular formula is C24H36IN5O3. The predicted octanol–water partition coefficient (Wildman–Crippen LogP) is 2.12. The molecule has 3 heterocycles. The highest BCUT2D eigenvalue weighted by Gasteiger charge is 2.30. The van der Waals surface area contributed by atoms with Crippen LogP contribution in [0.3, 0.4) is 0 Å². The van der Waals surface area contributed by atoms with Gasteiger partial charge in [0.2, 0.25) is 11.8 Å². The van der Waals surface area contributed by atoms with Crippen LogP contribution in [0.1, 0.15) is 31.2 Å². The fraction of sp³-hybridized carbons (Fsp3) is 0.625. The number of ether oxygens (including phenoxy) is 1. The van der Waals surface area contributed by atoms with Crippen LogP contribution >= 0.6 is 24.0 Å². The molecule has 2 fully saturated rings. The minimum atomic E-state index is 0. The minimum absolute atomic E-state index is 0. The van der Waals surface area contributed by atoms with E-state index in [1.54, 1.807) is 7.05 Å². The van der Waals surface area contributed by atoms with Gasteiger partial charge in [-0.1, -0.05) is 18.2 Å². The number of nitrogens with zero attached hydrogens (tertiary/aromatic N) is 4. The summed E-state index contributed by atoms with van der Waals surface area (Å²) >= 11 is 0. The molecule has 1 aromatic carbocycles. The van der Waals surface area contributed by atoms with Crippen LogP contribution in [0.25, 0.3) is 0 Å². The molecule has 8 nitrogen and oxygen atoms in total. The van der Waals surface area contributed by atoms with Crippen molar-refractivity contribution in [1.82, 2.24) is 15.1 Å². The number of piperidine rings is 1. The average molecular weight is 569 g/mol. The Morgan fingerprint density at radius 2 is 1.79 bits per heavy atom. The highest BCUT2D eigenvalue weighted by Crippen LogP contribution is 2.28. The van der Waals surface area contributed by atoms with Crippen LogP contribution in [0, 0.1) is 5.92 Å². The summed E-state index contributed by atoms with van der Waals surface area (Å²) in [4.78, 5) is 35.9. The first-order chi connectivity index (χ1) is 15.7. The number of carbonyl (C=O) groups is 2. The first-order valence-corrected chi connectivity index (χ1v) is 11.9. The Balaban J connectivity index is 0.00000306. The lowest BCUT2D eigenvalue weighted by Crippen LogP contribution is -2.50. The molecule has 0 saturated carbocycles. The number of morpholine rings is 1. The van der Waals surface area contributed by atoms with Gasteiger partial charge in [-0.2, -0.15) is 0 Å². The van der Waals surface area contributed by atoms with Crippen LogP contribution in [-0.2, 0) is 20.7 Å². The minimum Gasteiger partial charge on any atom is -0.378 e. The zero-order valence-electron chi connectivity index (χ0n) is 19.5. The molecule has 0 aliphatic carbocycles. The SMILES string of the molecule is CN=C(NCCCC(=O)N1CCc2ccccc21)N1CCC(C(=O)N2CCOCC2)CC1.I. The second-order valence-electron chi connectivity index (χ2n) is 8.70. The van der Waals surface area contributed by atoms with Crippen molar-refractivity contribution < 1.29 is 14.3 Å². The van der Waals surface area contributed by atoms with Crippen molar-refractivity contribution in [3.8, 4) is 0 Å². The van der Waals surface area contributed by atoms with Gasteiger partial charge in [0.15, 0.2) is 5.96 Å². The fourth-order valence-electron chi connectivity index (χ4n) is 4.88. The fourth-order valence-corrected chi connectivity index (χ4v) is 4.88. The van der Waals surface area contributed by atoms with Crippen molar-refractivity contribution in [1.29, 1.82) is 0 Å². The van der Waals surface area contributed by atoms with Crippen LogP contribution in [0.2, 0.25) is 0 Å². The Morgan fingerprint density at radius 1 is 1.06 bits per heavy atom. The topological polar surface area (TPSA) is 77.5 Å². The van der Waals surface area contributed by atoms with Crippen molar-refractivity contribution in [3.05, 3.63) is 29.8 Å². The van der Waals surface area contributed by atoms with Gasteiger partial charge in [-0.15, -0.1) is 24.0 Å². The van der Waals surface area contributed by atoms with Gasteiger partial charge < -0.3 is 24.8 Å². The highest BCUT2D eigenvalue weighted by molar-refractivity contribution is 14.0. The van der Waals surface area contributed by atoms with Crippen molar-refractivity contribution in [2.45, 2.75) is 32.1 Å². The maximum Gasteiger partial charge on any atom is 0.227 e. The number of likely N-dealkylation sites (tertiary alicyclic amines) is 1. The van der Waals surface area contributed by atoms with Crippen LogP contribution in [0.4, 0.5) is 5.69 Å². The summed E-state index contributed by atoms with van der Waals surface area (Å²) in [6.45, 7) is 5.86. The molecule has 9 heteroatoms. The maximum atomic E-state index is 12.7. The molecule has 0 spiro atoms. The van der Waals surface area contributed by atoms with E-state index in [9.17, 15) is 9.59 Å². The molecule has 2 amide bonds. The number of amides is 2. The quantitative estimate of drug-likeness (QED) is 0.255. The molecule has 0 unspecified atom stereocenters. The van der Waals surface area contributed by atoms with Gasteiger partial charge in [-0.05, 0) is 37.3 Å². The second-order valence-corrected chi connectivity index (χ2v) is 8.70. The first-order valence-electron chi connectivity index (χ1n) is 11.9. The van der Waals surface area contributed by atoms with Gasteiger partial charge in [0.25, 0.3) is 0 Å². The molecule has 33 heavy (non-hydrogen) atoms. The standard InChI is InChI=1S/C24H35N5O3.HI/c1-25-24(28-12-8-20(9-13-28)23(31)27-15-17-32-18-16-27)26-11-4-7-22(30)29-14-10-19-5-2-3-6-21(19)29;/h2-3,5-6,20H,4,7-18H2,1H3,(H,25,26);1H.